The minimum Gasteiger partial charge on any atom is -0.355 e. The molecule has 0 aromatic heterocycles. The topological polar surface area (TPSA) is 108 Å². The third-order valence-corrected chi connectivity index (χ3v) is 4.38. The van der Waals surface area contributed by atoms with E-state index in [1.165, 1.54) is 24.4 Å². The van der Waals surface area contributed by atoms with E-state index in [4.69, 9.17) is 0 Å². The van der Waals surface area contributed by atoms with E-state index in [0.717, 1.165) is 11.1 Å². The highest BCUT2D eigenvalue weighted by Crippen LogP contribution is 2.24. The number of amides is 1. The molecule has 0 fully saturated rings. The van der Waals surface area contributed by atoms with Gasteiger partial charge in [-0.25, -0.2) is 0 Å². The van der Waals surface area contributed by atoms with Gasteiger partial charge in [0.1, 0.15) is 17.3 Å². The molecular formula is C23H18N4O3. The Bertz CT molecular complexity index is 1070. The average Bonchev–Trinajstić information content (AvgIpc) is 2.79. The molecule has 148 valence electrons. The Hall–Kier alpha value is -4.44. The van der Waals surface area contributed by atoms with Crippen LogP contribution in [0.2, 0.25) is 0 Å². The SMILES string of the molecule is N#C/C(=C/Nc1ccccc1[N+](=O)[O-])C(=O)NC(c1ccccc1)c1ccccc1. The Labute approximate surface area is 173 Å². The summed E-state index contributed by atoms with van der Waals surface area (Å²) >= 11 is 0. The molecule has 2 N–H and O–H groups in total. The second-order valence-corrected chi connectivity index (χ2v) is 6.32. The standard InChI is InChI=1S/C23H18N4O3/c24-15-19(16-25-20-13-7-8-14-21(20)27(29)30)23(28)26-22(17-9-3-1-4-10-17)18-11-5-2-6-12-18/h1-14,16,22,25H,(H,26,28)/b19-16-. The summed E-state index contributed by atoms with van der Waals surface area (Å²) in [6, 6.07) is 26.2. The zero-order chi connectivity index (χ0) is 21.3. The zero-order valence-corrected chi connectivity index (χ0v) is 15.9. The molecule has 7 heteroatoms. The molecule has 3 aromatic carbocycles. The highest BCUT2D eigenvalue weighted by atomic mass is 16.6. The highest BCUT2D eigenvalue weighted by molar-refractivity contribution is 5.98. The fraction of sp³-hybridized carbons (Fsp3) is 0.0435. The van der Waals surface area contributed by atoms with Gasteiger partial charge >= 0.3 is 0 Å². The quantitative estimate of drug-likeness (QED) is 0.267. The molecule has 0 bridgehead atoms. The van der Waals surface area contributed by atoms with Gasteiger partial charge in [-0.15, -0.1) is 0 Å². The van der Waals surface area contributed by atoms with Crippen LogP contribution in [0, 0.1) is 21.4 Å². The van der Waals surface area contributed by atoms with Gasteiger partial charge in [-0.2, -0.15) is 5.26 Å². The number of hydrogen-bond acceptors (Lipinski definition) is 5. The lowest BCUT2D eigenvalue weighted by molar-refractivity contribution is -0.383. The van der Waals surface area contributed by atoms with E-state index in [9.17, 15) is 20.2 Å². The van der Waals surface area contributed by atoms with E-state index in [-0.39, 0.29) is 16.9 Å². The van der Waals surface area contributed by atoms with Gasteiger partial charge in [0.25, 0.3) is 11.6 Å². The van der Waals surface area contributed by atoms with Crippen LogP contribution in [0.3, 0.4) is 0 Å². The van der Waals surface area contributed by atoms with Gasteiger partial charge in [0.05, 0.1) is 11.0 Å². The molecule has 0 saturated heterocycles. The number of nitriles is 1. The highest BCUT2D eigenvalue weighted by Gasteiger charge is 2.19. The number of carbonyl (C=O) groups excluding carboxylic acids is 1. The molecule has 0 saturated carbocycles. The van der Waals surface area contributed by atoms with Crippen LogP contribution in [0.15, 0.2) is 96.7 Å². The van der Waals surface area contributed by atoms with E-state index in [1.807, 2.05) is 66.7 Å². The van der Waals surface area contributed by atoms with Gasteiger partial charge in [-0.1, -0.05) is 72.8 Å². The number of nitrogens with one attached hydrogen (secondary N) is 2. The largest absolute Gasteiger partial charge is 0.355 e. The lowest BCUT2D eigenvalue weighted by atomic mass is 9.98. The van der Waals surface area contributed by atoms with Crippen LogP contribution in [-0.4, -0.2) is 10.8 Å². The number of nitrogens with zero attached hydrogens (tertiary/aromatic N) is 2. The normalized spacial score (nSPS) is 10.9. The molecule has 3 aromatic rings. The second kappa shape index (κ2) is 9.66. The van der Waals surface area contributed by atoms with Crippen LogP contribution in [-0.2, 0) is 4.79 Å². The summed E-state index contributed by atoms with van der Waals surface area (Å²) in [5.41, 5.74) is 1.55. The molecule has 0 radical (unpaired) electrons. The Balaban J connectivity index is 1.85. The lowest BCUT2D eigenvalue weighted by Gasteiger charge is -2.19. The molecule has 0 heterocycles. The third-order valence-electron chi connectivity index (χ3n) is 4.38. The van der Waals surface area contributed by atoms with Gasteiger partial charge in [0.2, 0.25) is 0 Å². The fourth-order valence-corrected chi connectivity index (χ4v) is 2.91. The predicted molar refractivity (Wildman–Crippen MR) is 113 cm³/mol. The summed E-state index contributed by atoms with van der Waals surface area (Å²) in [5.74, 6) is -0.596. The van der Waals surface area contributed by atoms with E-state index in [0.29, 0.717) is 0 Å². The number of nitro benzene ring substituents is 1. The summed E-state index contributed by atoms with van der Waals surface area (Å²) in [6.45, 7) is 0. The van der Waals surface area contributed by atoms with E-state index in [1.54, 1.807) is 6.07 Å². The maximum atomic E-state index is 12.8. The van der Waals surface area contributed by atoms with Gasteiger partial charge < -0.3 is 10.6 Å². The minimum absolute atomic E-state index is 0.155. The van der Waals surface area contributed by atoms with Crippen molar-refractivity contribution in [3.8, 4) is 6.07 Å². The van der Waals surface area contributed by atoms with Crippen molar-refractivity contribution in [3.63, 3.8) is 0 Å². The number of nitro groups is 1. The zero-order valence-electron chi connectivity index (χ0n) is 15.9. The molecule has 7 nitrogen and oxygen atoms in total. The first-order chi connectivity index (χ1) is 14.6. The first-order valence-corrected chi connectivity index (χ1v) is 9.11. The van der Waals surface area contributed by atoms with Crippen LogP contribution in [0.5, 0.6) is 0 Å². The predicted octanol–water partition coefficient (Wildman–Crippen LogP) is 4.32. The van der Waals surface area contributed by atoms with Crippen molar-refractivity contribution in [2.45, 2.75) is 6.04 Å². The van der Waals surface area contributed by atoms with Crippen LogP contribution in [0.4, 0.5) is 11.4 Å². The molecular weight excluding hydrogens is 380 g/mol. The molecule has 3 rings (SSSR count). The van der Waals surface area contributed by atoms with Crippen molar-refractivity contribution >= 4 is 17.3 Å². The van der Waals surface area contributed by atoms with Gasteiger partial charge in [0.15, 0.2) is 0 Å². The number of para-hydroxylation sites is 2. The van der Waals surface area contributed by atoms with Crippen molar-refractivity contribution in [2.24, 2.45) is 0 Å². The molecule has 0 unspecified atom stereocenters. The summed E-state index contributed by atoms with van der Waals surface area (Å²) in [5, 5.41) is 26.1. The van der Waals surface area contributed by atoms with Crippen molar-refractivity contribution in [3.05, 3.63) is 118 Å². The van der Waals surface area contributed by atoms with Crippen molar-refractivity contribution in [2.75, 3.05) is 5.32 Å². The van der Waals surface area contributed by atoms with Gasteiger partial charge in [-0.3, -0.25) is 14.9 Å². The Morgan fingerprint density at radius 1 is 0.933 bits per heavy atom. The molecule has 0 aliphatic rings. The molecule has 0 spiro atoms. The smallest absolute Gasteiger partial charge is 0.292 e. The third kappa shape index (κ3) is 4.88. The molecule has 0 aliphatic carbocycles. The summed E-state index contributed by atoms with van der Waals surface area (Å²) in [6.07, 6.45) is 1.17. The number of carbonyl (C=O) groups is 1. The summed E-state index contributed by atoms with van der Waals surface area (Å²) in [7, 11) is 0. The molecule has 1 amide bonds. The van der Waals surface area contributed by atoms with Crippen LogP contribution in [0.25, 0.3) is 0 Å². The summed E-state index contributed by atoms with van der Waals surface area (Å²) in [4.78, 5) is 23.4. The number of rotatable bonds is 7. The van der Waals surface area contributed by atoms with Gasteiger partial charge in [-0.05, 0) is 17.2 Å². The Morgan fingerprint density at radius 3 is 2.00 bits per heavy atom. The van der Waals surface area contributed by atoms with E-state index in [2.05, 4.69) is 10.6 Å². The molecule has 0 aliphatic heterocycles. The van der Waals surface area contributed by atoms with E-state index < -0.39 is 16.9 Å². The number of hydrogen-bond donors (Lipinski definition) is 2. The summed E-state index contributed by atoms with van der Waals surface area (Å²) < 4.78 is 0. The average molecular weight is 398 g/mol. The molecule has 30 heavy (non-hydrogen) atoms. The maximum Gasteiger partial charge on any atom is 0.292 e. The maximum absolute atomic E-state index is 12.8. The molecule has 0 atom stereocenters. The minimum atomic E-state index is -0.596. The Kier molecular flexibility index (Phi) is 6.54. The van der Waals surface area contributed by atoms with Crippen LogP contribution in [0.1, 0.15) is 17.2 Å². The first-order valence-electron chi connectivity index (χ1n) is 9.11. The number of anilines is 1. The van der Waals surface area contributed by atoms with Gasteiger partial charge in [0, 0.05) is 12.3 Å². The lowest BCUT2D eigenvalue weighted by Crippen LogP contribution is -2.30. The fourth-order valence-electron chi connectivity index (χ4n) is 2.91. The van der Waals surface area contributed by atoms with Crippen molar-refractivity contribution < 1.29 is 9.72 Å². The van der Waals surface area contributed by atoms with E-state index >= 15 is 0 Å². The number of benzene rings is 3. The van der Waals surface area contributed by atoms with Crippen molar-refractivity contribution in [1.29, 1.82) is 5.26 Å². The van der Waals surface area contributed by atoms with Crippen LogP contribution < -0.4 is 10.6 Å². The van der Waals surface area contributed by atoms with Crippen LogP contribution >= 0.6 is 0 Å². The Morgan fingerprint density at radius 2 is 1.47 bits per heavy atom. The second-order valence-electron chi connectivity index (χ2n) is 6.32. The monoisotopic (exact) mass is 398 g/mol. The van der Waals surface area contributed by atoms with Crippen molar-refractivity contribution in [1.82, 2.24) is 5.32 Å². The first kappa shape index (κ1) is 20.3.